The summed E-state index contributed by atoms with van der Waals surface area (Å²) in [6, 6.07) is 12.2. The van der Waals surface area contributed by atoms with E-state index in [1.54, 1.807) is 6.07 Å². The molecule has 0 N–H and O–H groups in total. The Bertz CT molecular complexity index is 1260. The molecule has 1 saturated carbocycles. The fourth-order valence-corrected chi connectivity index (χ4v) is 4.63. The van der Waals surface area contributed by atoms with Crippen LogP contribution in [-0.2, 0) is 0 Å². The van der Waals surface area contributed by atoms with Gasteiger partial charge in [-0.15, -0.1) is 6.58 Å². The molecular weight excluding hydrogens is 447 g/mol. The number of halogens is 5. The quantitative estimate of drug-likeness (QED) is 0.158. The number of alkyl halides is 2. The van der Waals surface area contributed by atoms with Crippen LogP contribution in [0.4, 0.5) is 22.0 Å². The van der Waals surface area contributed by atoms with Crippen molar-refractivity contribution in [3.8, 4) is 17.6 Å². The lowest BCUT2D eigenvalue weighted by atomic mass is 9.77. The molecule has 34 heavy (non-hydrogen) atoms. The number of fused-ring (bicyclic) bond motifs is 1. The van der Waals surface area contributed by atoms with Crippen LogP contribution >= 0.6 is 0 Å². The van der Waals surface area contributed by atoms with Crippen molar-refractivity contribution in [2.75, 3.05) is 0 Å². The molecule has 1 aliphatic carbocycles. The summed E-state index contributed by atoms with van der Waals surface area (Å²) in [5.74, 6) is 0.0896. The summed E-state index contributed by atoms with van der Waals surface area (Å²) in [5, 5.41) is 1.80. The Kier molecular flexibility index (Phi) is 7.21. The summed E-state index contributed by atoms with van der Waals surface area (Å²) in [6.45, 7) is 0.351. The van der Waals surface area contributed by atoms with Crippen LogP contribution in [0, 0.1) is 35.2 Å². The van der Waals surface area contributed by atoms with Crippen LogP contribution in [0.15, 0.2) is 55.1 Å². The van der Waals surface area contributed by atoms with Crippen molar-refractivity contribution in [2.45, 2.75) is 44.6 Å². The Hall–Kier alpha value is -3.33. The van der Waals surface area contributed by atoms with Gasteiger partial charge in [0.1, 0.15) is 0 Å². The normalized spacial score (nSPS) is 17.9. The number of hydrogen-bond acceptors (Lipinski definition) is 1. The van der Waals surface area contributed by atoms with Crippen LogP contribution in [0.5, 0.6) is 5.75 Å². The summed E-state index contributed by atoms with van der Waals surface area (Å²) < 4.78 is 70.6. The maximum atomic E-state index is 14.3. The highest BCUT2D eigenvalue weighted by atomic mass is 19.3. The predicted octanol–water partition coefficient (Wildman–Crippen LogP) is 8.11. The number of ether oxygens (including phenoxy) is 1. The Morgan fingerprint density at radius 3 is 2.38 bits per heavy atom. The van der Waals surface area contributed by atoms with Gasteiger partial charge in [0.2, 0.25) is 5.82 Å². The zero-order valence-electron chi connectivity index (χ0n) is 18.4. The van der Waals surface area contributed by atoms with E-state index in [0.717, 1.165) is 30.0 Å². The number of allylic oxidation sites excluding steroid dienone is 1. The summed E-state index contributed by atoms with van der Waals surface area (Å²) in [4.78, 5) is 0. The Morgan fingerprint density at radius 1 is 0.941 bits per heavy atom. The number of rotatable bonds is 5. The first-order valence-corrected chi connectivity index (χ1v) is 11.1. The molecule has 4 rings (SSSR count). The minimum Gasteiger partial charge on any atom is -0.428 e. The van der Waals surface area contributed by atoms with Gasteiger partial charge in [0.15, 0.2) is 17.4 Å². The second-order valence-electron chi connectivity index (χ2n) is 8.52. The maximum absolute atomic E-state index is 14.3. The minimum absolute atomic E-state index is 0.495. The zero-order chi connectivity index (χ0) is 24.2. The van der Waals surface area contributed by atoms with Crippen molar-refractivity contribution in [3.05, 3.63) is 89.3 Å². The van der Waals surface area contributed by atoms with E-state index < -0.39 is 35.4 Å². The highest BCUT2D eigenvalue weighted by Crippen LogP contribution is 2.38. The fraction of sp³-hybridized carbons (Fsp3) is 0.286. The van der Waals surface area contributed by atoms with Gasteiger partial charge in [-0.3, -0.25) is 0 Å². The molecule has 1 nitrogen and oxygen atoms in total. The van der Waals surface area contributed by atoms with Crippen LogP contribution in [0.2, 0.25) is 0 Å². The first kappa shape index (κ1) is 23.8. The maximum Gasteiger partial charge on any atom is 0.387 e. The molecule has 0 aromatic heterocycles. The molecule has 1 fully saturated rings. The molecule has 1 aliphatic rings. The average Bonchev–Trinajstić information content (AvgIpc) is 2.83. The van der Waals surface area contributed by atoms with Crippen LogP contribution in [-0.4, -0.2) is 6.61 Å². The van der Waals surface area contributed by atoms with Crippen molar-refractivity contribution in [3.63, 3.8) is 0 Å². The summed E-state index contributed by atoms with van der Waals surface area (Å²) >= 11 is 0. The second kappa shape index (κ2) is 10.3. The van der Waals surface area contributed by atoms with Gasteiger partial charge >= 0.3 is 6.61 Å². The lowest BCUT2D eigenvalue weighted by Crippen LogP contribution is -2.12. The van der Waals surface area contributed by atoms with E-state index in [1.807, 2.05) is 24.3 Å². The molecule has 176 valence electrons. The third-order valence-electron chi connectivity index (χ3n) is 6.38. The van der Waals surface area contributed by atoms with Gasteiger partial charge in [-0.05, 0) is 72.4 Å². The molecule has 3 aromatic rings. The summed E-state index contributed by atoms with van der Waals surface area (Å²) in [5.41, 5.74) is 1.24. The van der Waals surface area contributed by atoms with Gasteiger partial charge < -0.3 is 4.74 Å². The van der Waals surface area contributed by atoms with Crippen molar-refractivity contribution >= 4 is 10.8 Å². The second-order valence-corrected chi connectivity index (χ2v) is 8.52. The van der Waals surface area contributed by atoms with E-state index in [0.29, 0.717) is 23.5 Å². The Balaban J connectivity index is 1.61. The van der Waals surface area contributed by atoms with Gasteiger partial charge in [0, 0.05) is 5.56 Å². The molecule has 0 spiro atoms. The lowest BCUT2D eigenvalue weighted by Gasteiger charge is -2.28. The van der Waals surface area contributed by atoms with E-state index in [-0.39, 0.29) is 0 Å². The number of benzene rings is 3. The van der Waals surface area contributed by atoms with Gasteiger partial charge in [-0.2, -0.15) is 13.2 Å². The topological polar surface area (TPSA) is 9.23 Å². The predicted molar refractivity (Wildman–Crippen MR) is 122 cm³/mol. The molecule has 0 radical (unpaired) electrons. The van der Waals surface area contributed by atoms with Crippen LogP contribution < -0.4 is 4.74 Å². The highest BCUT2D eigenvalue weighted by Gasteiger charge is 2.23. The monoisotopic (exact) mass is 470 g/mol. The van der Waals surface area contributed by atoms with E-state index in [1.165, 1.54) is 18.4 Å². The minimum atomic E-state index is -3.48. The smallest absolute Gasteiger partial charge is 0.387 e. The van der Waals surface area contributed by atoms with Crippen molar-refractivity contribution in [2.24, 2.45) is 5.92 Å². The number of hydrogen-bond donors (Lipinski definition) is 0. The van der Waals surface area contributed by atoms with Gasteiger partial charge in [-0.1, -0.05) is 48.2 Å². The van der Waals surface area contributed by atoms with Crippen LogP contribution in [0.1, 0.15) is 54.7 Å². The van der Waals surface area contributed by atoms with E-state index in [2.05, 4.69) is 35.3 Å². The standard InChI is InChI=1S/C28H23F5O/c1-2-4-17-7-9-18(10-8-17)20-13-14-23-19(5-3-6-21(23)15-20)11-12-22-16-24(29)27(34-28(32)33)26(31)25(22)30/h2-3,5-6,13-18,28H,1,4,7-10H2. The van der Waals surface area contributed by atoms with Crippen molar-refractivity contribution < 1.29 is 26.7 Å². The first-order chi connectivity index (χ1) is 16.4. The molecular formula is C28H23F5O. The van der Waals surface area contributed by atoms with E-state index >= 15 is 0 Å². The summed E-state index contributed by atoms with van der Waals surface area (Å²) in [7, 11) is 0. The van der Waals surface area contributed by atoms with Crippen molar-refractivity contribution in [1.29, 1.82) is 0 Å². The molecule has 0 amide bonds. The molecule has 0 saturated heterocycles. The van der Waals surface area contributed by atoms with E-state index in [4.69, 9.17) is 0 Å². The van der Waals surface area contributed by atoms with Crippen LogP contribution in [0.25, 0.3) is 10.8 Å². The SMILES string of the molecule is C=CCC1CCC(c2ccc3c(C#Cc4cc(F)c(OC(F)F)c(F)c4F)cccc3c2)CC1. The molecule has 0 heterocycles. The first-order valence-electron chi connectivity index (χ1n) is 11.1. The molecule has 6 heteroatoms. The Morgan fingerprint density at radius 2 is 1.68 bits per heavy atom. The third-order valence-corrected chi connectivity index (χ3v) is 6.38. The molecule has 0 bridgehead atoms. The van der Waals surface area contributed by atoms with Crippen LogP contribution in [0.3, 0.4) is 0 Å². The molecule has 0 atom stereocenters. The van der Waals surface area contributed by atoms with Gasteiger partial charge in [-0.25, -0.2) is 8.78 Å². The zero-order valence-corrected chi connectivity index (χ0v) is 18.4. The molecule has 3 aromatic carbocycles. The van der Waals surface area contributed by atoms with Gasteiger partial charge in [0.25, 0.3) is 0 Å². The summed E-state index contributed by atoms with van der Waals surface area (Å²) in [6.07, 6.45) is 7.67. The lowest BCUT2D eigenvalue weighted by molar-refractivity contribution is -0.0550. The van der Waals surface area contributed by atoms with Gasteiger partial charge in [0.05, 0.1) is 5.56 Å². The largest absolute Gasteiger partial charge is 0.428 e. The highest BCUT2D eigenvalue weighted by molar-refractivity contribution is 5.89. The Labute approximate surface area is 195 Å². The van der Waals surface area contributed by atoms with Crippen molar-refractivity contribution in [1.82, 2.24) is 0 Å². The fourth-order valence-electron chi connectivity index (χ4n) is 4.63. The molecule has 0 aliphatic heterocycles. The molecule has 0 unspecified atom stereocenters. The van der Waals surface area contributed by atoms with E-state index in [9.17, 15) is 22.0 Å². The third kappa shape index (κ3) is 5.09. The average molecular weight is 470 g/mol.